The molecule has 0 aliphatic carbocycles. The maximum atomic E-state index is 11.1. The molecule has 0 bridgehead atoms. The number of nitrogen functional groups attached to an aromatic ring is 1. The molecule has 0 radical (unpaired) electrons. The molecule has 28 heavy (non-hydrogen) atoms. The third-order valence-corrected chi connectivity index (χ3v) is 5.73. The highest BCUT2D eigenvalue weighted by Gasteiger charge is 2.19. The molecule has 7 heteroatoms. The second-order valence-corrected chi connectivity index (χ2v) is 9.16. The fourth-order valence-electron chi connectivity index (χ4n) is 3.08. The summed E-state index contributed by atoms with van der Waals surface area (Å²) in [5.74, 6) is 0. The van der Waals surface area contributed by atoms with Crippen molar-refractivity contribution in [2.45, 2.75) is 31.6 Å². The van der Waals surface area contributed by atoms with Crippen LogP contribution < -0.4 is 11.1 Å². The molecule has 1 aromatic heterocycles. The van der Waals surface area contributed by atoms with Gasteiger partial charge in [-0.2, -0.15) is 8.42 Å². The molecular weight excluding hydrogens is 374 g/mol. The lowest BCUT2D eigenvalue weighted by molar-refractivity contribution is 0.359. The number of hydrogen-bond acceptors (Lipinski definition) is 5. The minimum Gasteiger partial charge on any atom is -0.396 e. The van der Waals surface area contributed by atoms with Crippen LogP contribution in [0.3, 0.4) is 0 Å². The minimum atomic E-state index is -4.15. The van der Waals surface area contributed by atoms with Gasteiger partial charge in [0.2, 0.25) is 0 Å². The fraction of sp³-hybridized carbons (Fsp3) is 0.286. The van der Waals surface area contributed by atoms with Crippen LogP contribution in [0.1, 0.15) is 25.8 Å². The number of aryl methyl sites for hydroxylation is 1. The zero-order chi connectivity index (χ0) is 20.4. The van der Waals surface area contributed by atoms with Gasteiger partial charge < -0.3 is 11.1 Å². The summed E-state index contributed by atoms with van der Waals surface area (Å²) in [6.45, 7) is 5.08. The summed E-state index contributed by atoms with van der Waals surface area (Å²) in [5, 5.41) is 4.48. The molecule has 2 aromatic carbocycles. The molecule has 0 saturated heterocycles. The molecule has 0 saturated carbocycles. The second kappa shape index (κ2) is 7.77. The van der Waals surface area contributed by atoms with E-state index in [1.165, 1.54) is 12.1 Å². The average molecular weight is 400 g/mol. The third kappa shape index (κ3) is 4.79. The van der Waals surface area contributed by atoms with Gasteiger partial charge >= 0.3 is 0 Å². The van der Waals surface area contributed by atoms with Crippen LogP contribution in [0, 0.1) is 5.41 Å². The summed E-state index contributed by atoms with van der Waals surface area (Å²) < 4.78 is 31.3. The molecular formula is C21H25N3O3S. The number of anilines is 2. The van der Waals surface area contributed by atoms with E-state index >= 15 is 0 Å². The van der Waals surface area contributed by atoms with Gasteiger partial charge in [0, 0.05) is 11.9 Å². The van der Waals surface area contributed by atoms with Crippen LogP contribution in [0.2, 0.25) is 0 Å². The SMILES string of the molecule is CC(C)(CCc1ccc(S(=O)(=O)O)cc1)CNc1c(N)cnc2ccccc12. The number of aromatic nitrogens is 1. The number of rotatable bonds is 7. The molecule has 4 N–H and O–H groups in total. The zero-order valence-electron chi connectivity index (χ0n) is 16.0. The number of pyridine rings is 1. The summed E-state index contributed by atoms with van der Waals surface area (Å²) >= 11 is 0. The lowest BCUT2D eigenvalue weighted by Crippen LogP contribution is -2.24. The maximum Gasteiger partial charge on any atom is 0.294 e. The van der Waals surface area contributed by atoms with Crippen molar-refractivity contribution in [2.75, 3.05) is 17.6 Å². The van der Waals surface area contributed by atoms with Crippen molar-refractivity contribution in [1.29, 1.82) is 0 Å². The van der Waals surface area contributed by atoms with Gasteiger partial charge in [-0.3, -0.25) is 9.54 Å². The van der Waals surface area contributed by atoms with Gasteiger partial charge in [-0.1, -0.05) is 44.2 Å². The normalized spacial score (nSPS) is 12.2. The zero-order valence-corrected chi connectivity index (χ0v) is 16.8. The highest BCUT2D eigenvalue weighted by atomic mass is 32.2. The van der Waals surface area contributed by atoms with Crippen LogP contribution in [0.5, 0.6) is 0 Å². The largest absolute Gasteiger partial charge is 0.396 e. The molecule has 3 rings (SSSR count). The van der Waals surface area contributed by atoms with E-state index in [2.05, 4.69) is 24.1 Å². The predicted octanol–water partition coefficient (Wildman–Crippen LogP) is 4.13. The van der Waals surface area contributed by atoms with E-state index in [4.69, 9.17) is 10.3 Å². The lowest BCUT2D eigenvalue weighted by atomic mass is 9.86. The van der Waals surface area contributed by atoms with E-state index in [1.54, 1.807) is 18.3 Å². The minimum absolute atomic E-state index is 0.0153. The monoisotopic (exact) mass is 399 g/mol. The molecule has 0 spiro atoms. The second-order valence-electron chi connectivity index (χ2n) is 7.74. The predicted molar refractivity (Wildman–Crippen MR) is 113 cm³/mol. The van der Waals surface area contributed by atoms with Crippen LogP contribution in [-0.4, -0.2) is 24.5 Å². The number of para-hydroxylation sites is 1. The number of nitrogens with one attached hydrogen (secondary N) is 1. The van der Waals surface area contributed by atoms with Crippen molar-refractivity contribution in [1.82, 2.24) is 4.98 Å². The van der Waals surface area contributed by atoms with Crippen LogP contribution >= 0.6 is 0 Å². The topological polar surface area (TPSA) is 105 Å². The Hall–Kier alpha value is -2.64. The van der Waals surface area contributed by atoms with E-state index in [0.717, 1.165) is 41.5 Å². The van der Waals surface area contributed by atoms with Gasteiger partial charge in [-0.25, -0.2) is 0 Å². The summed E-state index contributed by atoms with van der Waals surface area (Å²) in [4.78, 5) is 4.27. The lowest BCUT2D eigenvalue weighted by Gasteiger charge is -2.26. The molecule has 0 fully saturated rings. The van der Waals surface area contributed by atoms with E-state index in [9.17, 15) is 8.42 Å². The third-order valence-electron chi connectivity index (χ3n) is 4.86. The Morgan fingerprint density at radius 3 is 2.46 bits per heavy atom. The molecule has 0 aliphatic rings. The van der Waals surface area contributed by atoms with Crippen molar-refractivity contribution in [2.24, 2.45) is 5.41 Å². The molecule has 0 amide bonds. The standard InChI is InChI=1S/C21H25N3O3S/c1-21(2,12-11-15-7-9-16(10-8-15)28(25,26)27)14-24-20-17-5-3-4-6-19(17)23-13-18(20)22/h3-10,13H,11-12,14,22H2,1-2H3,(H,23,24)(H,25,26,27). The van der Waals surface area contributed by atoms with E-state index in [-0.39, 0.29) is 10.3 Å². The highest BCUT2D eigenvalue weighted by molar-refractivity contribution is 7.85. The number of nitrogens with two attached hydrogens (primary N) is 1. The fourth-order valence-corrected chi connectivity index (χ4v) is 3.56. The molecule has 0 unspecified atom stereocenters. The van der Waals surface area contributed by atoms with Crippen molar-refractivity contribution in [3.63, 3.8) is 0 Å². The van der Waals surface area contributed by atoms with Crippen molar-refractivity contribution in [3.8, 4) is 0 Å². The Kier molecular flexibility index (Phi) is 5.58. The molecule has 1 heterocycles. The van der Waals surface area contributed by atoms with Crippen molar-refractivity contribution < 1.29 is 13.0 Å². The highest BCUT2D eigenvalue weighted by Crippen LogP contribution is 2.30. The number of fused-ring (bicyclic) bond motifs is 1. The van der Waals surface area contributed by atoms with Gasteiger partial charge in [0.15, 0.2) is 0 Å². The quantitative estimate of drug-likeness (QED) is 0.516. The first kappa shape index (κ1) is 20.1. The Morgan fingerprint density at radius 1 is 1.11 bits per heavy atom. The van der Waals surface area contributed by atoms with Crippen LogP contribution in [0.25, 0.3) is 10.9 Å². The van der Waals surface area contributed by atoms with Crippen molar-refractivity contribution in [3.05, 3.63) is 60.3 Å². The summed E-state index contributed by atoms with van der Waals surface area (Å²) in [6, 6.07) is 14.2. The van der Waals surface area contributed by atoms with Crippen molar-refractivity contribution >= 4 is 32.4 Å². The summed E-state index contributed by atoms with van der Waals surface area (Å²) in [7, 11) is -4.15. The molecule has 3 aromatic rings. The van der Waals surface area contributed by atoms with Crippen LogP contribution in [-0.2, 0) is 16.5 Å². The molecule has 0 aliphatic heterocycles. The average Bonchev–Trinajstić information content (AvgIpc) is 2.65. The first-order chi connectivity index (χ1) is 13.2. The first-order valence-electron chi connectivity index (χ1n) is 9.09. The Bertz CT molecular complexity index is 1080. The van der Waals surface area contributed by atoms with E-state index < -0.39 is 10.1 Å². The summed E-state index contributed by atoms with van der Waals surface area (Å²) in [6.07, 6.45) is 3.37. The number of hydrogen-bond donors (Lipinski definition) is 3. The summed E-state index contributed by atoms with van der Waals surface area (Å²) in [5.41, 5.74) is 9.56. The maximum absolute atomic E-state index is 11.1. The van der Waals surface area contributed by atoms with Gasteiger partial charge in [0.05, 0.1) is 28.0 Å². The molecule has 6 nitrogen and oxygen atoms in total. The number of nitrogens with zero attached hydrogens (tertiary/aromatic N) is 1. The Morgan fingerprint density at radius 2 is 1.79 bits per heavy atom. The molecule has 148 valence electrons. The molecule has 0 atom stereocenters. The smallest absolute Gasteiger partial charge is 0.294 e. The van der Waals surface area contributed by atoms with Crippen LogP contribution in [0.15, 0.2) is 59.6 Å². The van der Waals surface area contributed by atoms with Crippen LogP contribution in [0.4, 0.5) is 11.4 Å². The van der Waals surface area contributed by atoms with Gasteiger partial charge in [-0.15, -0.1) is 0 Å². The number of benzene rings is 2. The Labute approximate surface area is 165 Å². The Balaban J connectivity index is 1.66. The van der Waals surface area contributed by atoms with E-state index in [1.807, 2.05) is 24.3 Å². The van der Waals surface area contributed by atoms with Gasteiger partial charge in [-0.05, 0) is 42.0 Å². The first-order valence-corrected chi connectivity index (χ1v) is 10.5. The van der Waals surface area contributed by atoms with E-state index in [0.29, 0.717) is 5.69 Å². The van der Waals surface area contributed by atoms with Gasteiger partial charge in [0.25, 0.3) is 10.1 Å². The van der Waals surface area contributed by atoms with Gasteiger partial charge in [0.1, 0.15) is 0 Å².